The van der Waals surface area contributed by atoms with Gasteiger partial charge in [-0.2, -0.15) is 0 Å². The van der Waals surface area contributed by atoms with Crippen LogP contribution < -0.4 is 10.1 Å². The van der Waals surface area contributed by atoms with E-state index in [-0.39, 0.29) is 17.5 Å². The summed E-state index contributed by atoms with van der Waals surface area (Å²) in [5.41, 5.74) is 0.592. The normalized spacial score (nSPS) is 10.1. The lowest BCUT2D eigenvalue weighted by Gasteiger charge is -2.08. The van der Waals surface area contributed by atoms with Gasteiger partial charge < -0.3 is 14.5 Å². The van der Waals surface area contributed by atoms with Gasteiger partial charge in [-0.1, -0.05) is 12.1 Å². The van der Waals surface area contributed by atoms with E-state index in [4.69, 9.17) is 20.8 Å². The first kappa shape index (κ1) is 12.5. The summed E-state index contributed by atoms with van der Waals surface area (Å²) in [4.78, 5) is 11.9. The molecule has 5 heteroatoms. The molecule has 94 valence electrons. The average Bonchev–Trinajstić information content (AvgIpc) is 2.88. The van der Waals surface area contributed by atoms with Crippen molar-refractivity contribution in [2.75, 3.05) is 12.4 Å². The van der Waals surface area contributed by atoms with Crippen LogP contribution in [0.5, 0.6) is 5.75 Å². The van der Waals surface area contributed by atoms with Crippen molar-refractivity contribution >= 4 is 23.2 Å². The van der Waals surface area contributed by atoms with Crippen molar-refractivity contribution in [1.82, 2.24) is 0 Å². The van der Waals surface area contributed by atoms with Crippen molar-refractivity contribution < 1.29 is 13.9 Å². The molecular formula is C13H12ClNO3. The standard InChI is InChI=1S/C13H12ClNO3/c1-17-11-5-3-2-4-10(11)15-13(16)12-7-6-9(8-14)18-12/h2-7H,8H2,1H3,(H,15,16). The first-order valence-electron chi connectivity index (χ1n) is 5.33. The van der Waals surface area contributed by atoms with Crippen LogP contribution in [0.15, 0.2) is 40.8 Å². The highest BCUT2D eigenvalue weighted by Gasteiger charge is 2.13. The summed E-state index contributed by atoms with van der Waals surface area (Å²) in [5, 5.41) is 2.71. The van der Waals surface area contributed by atoms with Crippen LogP contribution >= 0.6 is 11.6 Å². The second kappa shape index (κ2) is 5.60. The topological polar surface area (TPSA) is 51.5 Å². The van der Waals surface area contributed by atoms with Crippen molar-refractivity contribution in [3.63, 3.8) is 0 Å². The Kier molecular flexibility index (Phi) is 3.89. The zero-order chi connectivity index (χ0) is 13.0. The van der Waals surface area contributed by atoms with Crippen LogP contribution in [0.3, 0.4) is 0 Å². The smallest absolute Gasteiger partial charge is 0.291 e. The summed E-state index contributed by atoms with van der Waals surface area (Å²) >= 11 is 5.61. The number of rotatable bonds is 4. The van der Waals surface area contributed by atoms with Crippen molar-refractivity contribution in [2.24, 2.45) is 0 Å². The molecule has 1 N–H and O–H groups in total. The Bertz CT molecular complexity index is 551. The quantitative estimate of drug-likeness (QED) is 0.863. The van der Waals surface area contributed by atoms with Gasteiger partial charge >= 0.3 is 0 Å². The van der Waals surface area contributed by atoms with Crippen LogP contribution in [0.2, 0.25) is 0 Å². The molecule has 0 saturated carbocycles. The first-order valence-corrected chi connectivity index (χ1v) is 5.87. The Morgan fingerprint density at radius 2 is 2.11 bits per heavy atom. The number of methoxy groups -OCH3 is 1. The number of nitrogens with one attached hydrogen (secondary N) is 1. The minimum absolute atomic E-state index is 0.219. The second-order valence-electron chi connectivity index (χ2n) is 3.55. The number of halogens is 1. The molecule has 1 aromatic carbocycles. The summed E-state index contributed by atoms with van der Waals surface area (Å²) in [6.45, 7) is 0. The predicted octanol–water partition coefficient (Wildman–Crippen LogP) is 3.28. The highest BCUT2D eigenvalue weighted by Crippen LogP contribution is 2.24. The molecule has 0 saturated heterocycles. The second-order valence-corrected chi connectivity index (χ2v) is 3.82. The van der Waals surface area contributed by atoms with Crippen LogP contribution in [0.25, 0.3) is 0 Å². The van der Waals surface area contributed by atoms with E-state index in [1.165, 1.54) is 0 Å². The summed E-state index contributed by atoms with van der Waals surface area (Å²) < 4.78 is 10.4. The third-order valence-corrected chi connectivity index (χ3v) is 2.64. The minimum atomic E-state index is -0.337. The minimum Gasteiger partial charge on any atom is -0.495 e. The molecule has 0 radical (unpaired) electrons. The molecule has 0 atom stereocenters. The van der Waals surface area contributed by atoms with Gasteiger partial charge in [-0.05, 0) is 24.3 Å². The van der Waals surface area contributed by atoms with Gasteiger partial charge in [0.15, 0.2) is 5.76 Å². The molecule has 0 bridgehead atoms. The molecule has 0 aliphatic rings. The number of amides is 1. The predicted molar refractivity (Wildman–Crippen MR) is 69.2 cm³/mol. The number of benzene rings is 1. The van der Waals surface area contributed by atoms with Gasteiger partial charge in [0.2, 0.25) is 0 Å². The van der Waals surface area contributed by atoms with Crippen LogP contribution in [-0.2, 0) is 5.88 Å². The van der Waals surface area contributed by atoms with E-state index in [2.05, 4.69) is 5.32 Å². The van der Waals surface area contributed by atoms with E-state index in [1.807, 2.05) is 12.1 Å². The third kappa shape index (κ3) is 2.65. The molecule has 1 aromatic heterocycles. The number of hydrogen-bond acceptors (Lipinski definition) is 3. The van der Waals surface area contributed by atoms with Gasteiger partial charge in [-0.3, -0.25) is 4.79 Å². The SMILES string of the molecule is COc1ccccc1NC(=O)c1ccc(CCl)o1. The molecule has 0 spiro atoms. The number of carbonyl (C=O) groups is 1. The molecule has 2 rings (SSSR count). The Hall–Kier alpha value is -1.94. The van der Waals surface area contributed by atoms with Crippen LogP contribution in [-0.4, -0.2) is 13.0 Å². The lowest BCUT2D eigenvalue weighted by molar-refractivity contribution is 0.0995. The Balaban J connectivity index is 2.16. The maximum atomic E-state index is 11.9. The summed E-state index contributed by atoms with van der Waals surface area (Å²) in [7, 11) is 1.55. The van der Waals surface area contributed by atoms with Crippen LogP contribution in [0, 0.1) is 0 Å². The van der Waals surface area contributed by atoms with E-state index >= 15 is 0 Å². The molecule has 4 nitrogen and oxygen atoms in total. The van der Waals surface area contributed by atoms with Crippen molar-refractivity contribution in [2.45, 2.75) is 5.88 Å². The molecular weight excluding hydrogens is 254 g/mol. The number of carbonyl (C=O) groups excluding carboxylic acids is 1. The largest absolute Gasteiger partial charge is 0.495 e. The Labute approximate surface area is 110 Å². The number of anilines is 1. The lowest BCUT2D eigenvalue weighted by atomic mass is 10.3. The highest BCUT2D eigenvalue weighted by molar-refractivity contribution is 6.16. The summed E-state index contributed by atoms with van der Waals surface area (Å²) in [5.74, 6) is 1.27. The molecule has 0 aliphatic carbocycles. The molecule has 0 unspecified atom stereocenters. The number of furan rings is 1. The summed E-state index contributed by atoms with van der Waals surface area (Å²) in [6.07, 6.45) is 0. The third-order valence-electron chi connectivity index (χ3n) is 2.37. The molecule has 1 heterocycles. The van der Waals surface area contributed by atoms with E-state index < -0.39 is 0 Å². The molecule has 0 aliphatic heterocycles. The Morgan fingerprint density at radius 1 is 1.33 bits per heavy atom. The number of alkyl halides is 1. The zero-order valence-corrected chi connectivity index (χ0v) is 10.5. The average molecular weight is 266 g/mol. The fraction of sp³-hybridized carbons (Fsp3) is 0.154. The number of hydrogen-bond donors (Lipinski definition) is 1. The molecule has 1 amide bonds. The molecule has 2 aromatic rings. The maximum absolute atomic E-state index is 11.9. The van der Waals surface area contributed by atoms with Crippen molar-refractivity contribution in [1.29, 1.82) is 0 Å². The van der Waals surface area contributed by atoms with E-state index in [0.29, 0.717) is 17.2 Å². The van der Waals surface area contributed by atoms with Crippen LogP contribution in [0.1, 0.15) is 16.3 Å². The molecule has 18 heavy (non-hydrogen) atoms. The van der Waals surface area contributed by atoms with Gasteiger partial charge in [0, 0.05) is 0 Å². The van der Waals surface area contributed by atoms with Crippen molar-refractivity contribution in [3.8, 4) is 5.75 Å². The van der Waals surface area contributed by atoms with Gasteiger partial charge in [0.25, 0.3) is 5.91 Å². The fourth-order valence-corrected chi connectivity index (χ4v) is 1.65. The van der Waals surface area contributed by atoms with E-state index in [1.54, 1.807) is 31.4 Å². The number of para-hydroxylation sites is 2. The van der Waals surface area contributed by atoms with Crippen molar-refractivity contribution in [3.05, 3.63) is 47.9 Å². The summed E-state index contributed by atoms with van der Waals surface area (Å²) in [6, 6.07) is 10.4. The molecule has 0 fully saturated rings. The monoisotopic (exact) mass is 265 g/mol. The van der Waals surface area contributed by atoms with Gasteiger partial charge in [0.05, 0.1) is 18.7 Å². The van der Waals surface area contributed by atoms with Crippen LogP contribution in [0.4, 0.5) is 5.69 Å². The lowest BCUT2D eigenvalue weighted by Crippen LogP contribution is -2.11. The first-order chi connectivity index (χ1) is 8.74. The van der Waals surface area contributed by atoms with Gasteiger partial charge in [-0.15, -0.1) is 11.6 Å². The van der Waals surface area contributed by atoms with E-state index in [0.717, 1.165) is 0 Å². The zero-order valence-electron chi connectivity index (χ0n) is 9.77. The maximum Gasteiger partial charge on any atom is 0.291 e. The Morgan fingerprint density at radius 3 is 2.78 bits per heavy atom. The number of ether oxygens (including phenoxy) is 1. The van der Waals surface area contributed by atoms with E-state index in [9.17, 15) is 4.79 Å². The highest BCUT2D eigenvalue weighted by atomic mass is 35.5. The van der Waals surface area contributed by atoms with Gasteiger partial charge in [0.1, 0.15) is 11.5 Å². The fourth-order valence-electron chi connectivity index (χ4n) is 1.50. The van der Waals surface area contributed by atoms with Gasteiger partial charge in [-0.25, -0.2) is 0 Å².